The second kappa shape index (κ2) is 7.59. The lowest BCUT2D eigenvalue weighted by molar-refractivity contribution is 0.364. The summed E-state index contributed by atoms with van der Waals surface area (Å²) in [6.45, 7) is 1.83. The van der Waals surface area contributed by atoms with E-state index in [1.54, 1.807) is 10.7 Å². The van der Waals surface area contributed by atoms with Crippen molar-refractivity contribution < 1.29 is 14.6 Å². The molecule has 1 atom stereocenters. The average Bonchev–Trinajstić information content (AvgIpc) is 3.08. The first-order valence-corrected chi connectivity index (χ1v) is 10.0. The number of phenolic OH excluding ortho intramolecular Hbond substituents is 1. The molecule has 30 heavy (non-hydrogen) atoms. The number of nitrogens with zero attached hydrogens (tertiary/aromatic N) is 3. The standard InChI is InChI=1S/C21H16BrClN4O3/c1-10-15-16(12-8-14(29-2)19(28)17(22)18(12)23)13(9-24)20(25)30-21(15)27(26-10)11-6-4-3-5-7-11/h3-8,16,28H,25H2,1-2H3/t16-/m1/s1. The number of fused-ring (bicyclic) bond motifs is 1. The second-order valence-electron chi connectivity index (χ2n) is 6.62. The molecule has 0 bridgehead atoms. The molecule has 0 radical (unpaired) electrons. The Kier molecular flexibility index (Phi) is 5.10. The Morgan fingerprint density at radius 3 is 2.70 bits per heavy atom. The van der Waals surface area contributed by atoms with Crippen LogP contribution in [0.15, 0.2) is 52.3 Å². The summed E-state index contributed by atoms with van der Waals surface area (Å²) in [4.78, 5) is 0. The van der Waals surface area contributed by atoms with Crippen LogP contribution in [0.25, 0.3) is 5.69 Å². The predicted octanol–water partition coefficient (Wildman–Crippen LogP) is 4.53. The third kappa shape index (κ3) is 2.98. The number of halogens is 2. The molecule has 0 saturated carbocycles. The maximum Gasteiger partial charge on any atom is 0.229 e. The van der Waals surface area contributed by atoms with Crippen molar-refractivity contribution in [2.24, 2.45) is 5.73 Å². The van der Waals surface area contributed by atoms with E-state index in [1.165, 1.54) is 7.11 Å². The van der Waals surface area contributed by atoms with Crippen LogP contribution in [0.1, 0.15) is 22.7 Å². The van der Waals surface area contributed by atoms with E-state index in [0.29, 0.717) is 22.7 Å². The summed E-state index contributed by atoms with van der Waals surface area (Å²) in [6.07, 6.45) is 0. The molecular weight excluding hydrogens is 472 g/mol. The first-order valence-electron chi connectivity index (χ1n) is 8.86. The summed E-state index contributed by atoms with van der Waals surface area (Å²) < 4.78 is 13.0. The summed E-state index contributed by atoms with van der Waals surface area (Å²) in [7, 11) is 1.43. The van der Waals surface area contributed by atoms with Crippen LogP contribution in [0.5, 0.6) is 17.4 Å². The maximum atomic E-state index is 10.3. The van der Waals surface area contributed by atoms with E-state index >= 15 is 0 Å². The van der Waals surface area contributed by atoms with Crippen LogP contribution in [-0.2, 0) is 0 Å². The van der Waals surface area contributed by atoms with Crippen LogP contribution in [0.4, 0.5) is 0 Å². The molecule has 0 fully saturated rings. The van der Waals surface area contributed by atoms with Crippen molar-refractivity contribution in [2.45, 2.75) is 12.8 Å². The molecule has 1 aliphatic heterocycles. The Balaban J connectivity index is 2.02. The number of rotatable bonds is 3. The number of methoxy groups -OCH3 is 1. The monoisotopic (exact) mass is 486 g/mol. The largest absolute Gasteiger partial charge is 0.503 e. The zero-order chi connectivity index (χ0) is 21.6. The fourth-order valence-corrected chi connectivity index (χ4v) is 4.22. The Morgan fingerprint density at radius 2 is 2.07 bits per heavy atom. The number of nitriles is 1. The number of benzene rings is 2. The third-order valence-electron chi connectivity index (χ3n) is 4.94. The topological polar surface area (TPSA) is 106 Å². The SMILES string of the molecule is COc1cc([C@@H]2C(C#N)=C(N)Oc3c2c(C)nn3-c2ccccc2)c(Cl)c(Br)c1O. The number of hydrogen-bond donors (Lipinski definition) is 2. The third-order valence-corrected chi connectivity index (χ3v) is 6.35. The molecule has 1 aliphatic rings. The lowest BCUT2D eigenvalue weighted by Gasteiger charge is -2.26. The van der Waals surface area contributed by atoms with E-state index in [2.05, 4.69) is 27.1 Å². The van der Waals surface area contributed by atoms with Crippen LogP contribution in [0.3, 0.4) is 0 Å². The Bertz CT molecular complexity index is 1230. The van der Waals surface area contributed by atoms with Gasteiger partial charge in [-0.15, -0.1) is 0 Å². The second-order valence-corrected chi connectivity index (χ2v) is 7.79. The van der Waals surface area contributed by atoms with Gasteiger partial charge >= 0.3 is 0 Å². The molecule has 3 aromatic rings. The molecule has 152 valence electrons. The lowest BCUT2D eigenvalue weighted by Crippen LogP contribution is -2.22. The molecule has 0 spiro atoms. The fraction of sp³-hybridized carbons (Fsp3) is 0.143. The fourth-order valence-electron chi connectivity index (χ4n) is 3.55. The summed E-state index contributed by atoms with van der Waals surface area (Å²) in [5.74, 6) is -0.218. The highest BCUT2D eigenvalue weighted by atomic mass is 79.9. The van der Waals surface area contributed by atoms with Gasteiger partial charge in [0.25, 0.3) is 0 Å². The van der Waals surface area contributed by atoms with Crippen LogP contribution in [-0.4, -0.2) is 22.0 Å². The van der Waals surface area contributed by atoms with Crippen molar-refractivity contribution in [3.05, 3.63) is 74.2 Å². The van der Waals surface area contributed by atoms with Gasteiger partial charge in [-0.1, -0.05) is 29.8 Å². The highest BCUT2D eigenvalue weighted by molar-refractivity contribution is 9.10. The molecule has 1 aromatic heterocycles. The van der Waals surface area contributed by atoms with Gasteiger partial charge in [0.2, 0.25) is 11.8 Å². The minimum absolute atomic E-state index is 0.0358. The van der Waals surface area contributed by atoms with Gasteiger partial charge in [-0.3, -0.25) is 0 Å². The highest BCUT2D eigenvalue weighted by Gasteiger charge is 2.38. The molecule has 4 rings (SSSR count). The quantitative estimate of drug-likeness (QED) is 0.562. The summed E-state index contributed by atoms with van der Waals surface area (Å²) in [5.41, 5.74) is 8.95. The van der Waals surface area contributed by atoms with Crippen LogP contribution in [0, 0.1) is 18.3 Å². The number of nitrogens with two attached hydrogens (primary N) is 1. The molecule has 7 nitrogen and oxygen atoms in total. The van der Waals surface area contributed by atoms with Crippen molar-refractivity contribution in [3.8, 4) is 29.1 Å². The minimum atomic E-state index is -0.658. The van der Waals surface area contributed by atoms with Crippen LogP contribution >= 0.6 is 27.5 Å². The normalized spacial score (nSPS) is 15.4. The van der Waals surface area contributed by atoms with E-state index in [1.807, 2.05) is 37.3 Å². The minimum Gasteiger partial charge on any atom is -0.503 e. The molecular formula is C21H16BrClN4O3. The van der Waals surface area contributed by atoms with E-state index in [9.17, 15) is 10.4 Å². The van der Waals surface area contributed by atoms with Crippen LogP contribution < -0.4 is 15.2 Å². The molecule has 3 N–H and O–H groups in total. The first kappa shape index (κ1) is 20.1. The number of aromatic nitrogens is 2. The smallest absolute Gasteiger partial charge is 0.229 e. The predicted molar refractivity (Wildman–Crippen MR) is 115 cm³/mol. The summed E-state index contributed by atoms with van der Waals surface area (Å²) in [5, 5.41) is 25.0. The zero-order valence-electron chi connectivity index (χ0n) is 16.0. The van der Waals surface area contributed by atoms with Gasteiger partial charge in [-0.25, -0.2) is 4.68 Å². The van der Waals surface area contributed by atoms with Crippen molar-refractivity contribution in [3.63, 3.8) is 0 Å². The van der Waals surface area contributed by atoms with E-state index in [0.717, 1.165) is 5.69 Å². The van der Waals surface area contributed by atoms with E-state index in [4.69, 9.17) is 26.8 Å². The van der Waals surface area contributed by atoms with Crippen molar-refractivity contribution in [1.82, 2.24) is 9.78 Å². The number of para-hydroxylation sites is 1. The lowest BCUT2D eigenvalue weighted by atomic mass is 9.84. The van der Waals surface area contributed by atoms with E-state index < -0.39 is 5.92 Å². The molecule has 2 aromatic carbocycles. The number of aryl methyl sites for hydroxylation is 1. The van der Waals surface area contributed by atoms with Crippen molar-refractivity contribution in [1.29, 1.82) is 5.26 Å². The van der Waals surface area contributed by atoms with E-state index in [-0.39, 0.29) is 32.5 Å². The van der Waals surface area contributed by atoms with Crippen molar-refractivity contribution in [2.75, 3.05) is 7.11 Å². The van der Waals surface area contributed by atoms with Gasteiger partial charge in [0, 0.05) is 0 Å². The Morgan fingerprint density at radius 1 is 1.37 bits per heavy atom. The zero-order valence-corrected chi connectivity index (χ0v) is 18.3. The van der Waals surface area contributed by atoms with Gasteiger partial charge < -0.3 is 20.3 Å². The Labute approximate surface area is 186 Å². The molecule has 0 saturated heterocycles. The van der Waals surface area contributed by atoms with Gasteiger partial charge in [0.05, 0.1) is 39.5 Å². The van der Waals surface area contributed by atoms with Crippen LogP contribution in [0.2, 0.25) is 5.02 Å². The first-order chi connectivity index (χ1) is 14.4. The summed E-state index contributed by atoms with van der Waals surface area (Å²) in [6, 6.07) is 13.2. The Hall–Kier alpha value is -3.15. The number of aromatic hydroxyl groups is 1. The maximum absolute atomic E-state index is 10.3. The molecule has 0 aliphatic carbocycles. The van der Waals surface area contributed by atoms with Gasteiger partial charge in [0.1, 0.15) is 11.6 Å². The van der Waals surface area contributed by atoms with Gasteiger partial charge in [-0.2, -0.15) is 10.4 Å². The molecule has 0 unspecified atom stereocenters. The highest BCUT2D eigenvalue weighted by Crippen LogP contribution is 2.51. The number of ether oxygens (including phenoxy) is 2. The molecule has 0 amide bonds. The van der Waals surface area contributed by atoms with Crippen molar-refractivity contribution >= 4 is 27.5 Å². The summed E-state index contributed by atoms with van der Waals surface area (Å²) >= 11 is 9.87. The van der Waals surface area contributed by atoms with Gasteiger partial charge in [-0.05, 0) is 46.6 Å². The van der Waals surface area contributed by atoms with Gasteiger partial charge in [0.15, 0.2) is 11.5 Å². The number of phenols is 1. The number of allylic oxidation sites excluding steroid dienone is 1. The molecule has 9 heteroatoms. The number of hydrogen-bond acceptors (Lipinski definition) is 6. The molecule has 2 heterocycles. The average molecular weight is 488 g/mol.